The van der Waals surface area contributed by atoms with E-state index in [1.165, 1.54) is 6.07 Å². The lowest BCUT2D eigenvalue weighted by Gasteiger charge is -1.98. The van der Waals surface area contributed by atoms with Crippen LogP contribution in [-0.4, -0.2) is 11.3 Å². The number of pyridine rings is 1. The number of benzene rings is 1. The molecule has 2 rings (SSSR count). The van der Waals surface area contributed by atoms with Crippen molar-refractivity contribution in [1.82, 2.24) is 4.98 Å². The Morgan fingerprint density at radius 2 is 2.31 bits per heavy atom. The van der Waals surface area contributed by atoms with Gasteiger partial charge in [0.1, 0.15) is 12.1 Å². The number of fused-ring (bicyclic) bond motifs is 1. The molecule has 0 saturated carbocycles. The summed E-state index contributed by atoms with van der Waals surface area (Å²) in [5, 5.41) is 0.833. The average Bonchev–Trinajstić information content (AvgIpc) is 2.30. The number of aldehydes is 1. The number of rotatable bonds is 1. The molecule has 0 aliphatic carbocycles. The molecule has 16 heavy (non-hydrogen) atoms. The molecule has 0 atom stereocenters. The third kappa shape index (κ3) is 2.06. The van der Waals surface area contributed by atoms with Crippen molar-refractivity contribution in [2.75, 3.05) is 0 Å². The van der Waals surface area contributed by atoms with Crippen molar-refractivity contribution in [1.29, 1.82) is 0 Å². The summed E-state index contributed by atoms with van der Waals surface area (Å²) in [4.78, 5) is 14.1. The number of carbonyl (C=O) groups is 1. The number of hydrogen-bond acceptors (Lipinski definition) is 2. The van der Waals surface area contributed by atoms with Crippen LogP contribution in [0.3, 0.4) is 0 Å². The lowest BCUT2D eigenvalue weighted by atomic mass is 10.1. The molecule has 2 nitrogen and oxygen atoms in total. The Balaban J connectivity index is 2.51. The topological polar surface area (TPSA) is 30.0 Å². The Morgan fingerprint density at radius 1 is 1.44 bits per heavy atom. The van der Waals surface area contributed by atoms with E-state index in [9.17, 15) is 9.18 Å². The normalized spacial score (nSPS) is 9.56. The molecule has 0 saturated heterocycles. The standard InChI is InChI=1S/C13H8FNO/c14-12-9-13-11(5-3-6-15-13)8-10(12)4-1-2-7-16/h3,5-9H,2H2. The number of halogens is 1. The van der Waals surface area contributed by atoms with Crippen molar-refractivity contribution in [3.8, 4) is 11.8 Å². The van der Waals surface area contributed by atoms with Gasteiger partial charge in [0.05, 0.1) is 17.5 Å². The number of nitrogens with zero attached hydrogens (tertiary/aromatic N) is 1. The lowest BCUT2D eigenvalue weighted by Crippen LogP contribution is -1.86. The molecule has 1 heterocycles. The summed E-state index contributed by atoms with van der Waals surface area (Å²) in [7, 11) is 0. The van der Waals surface area contributed by atoms with Crippen LogP contribution >= 0.6 is 0 Å². The maximum absolute atomic E-state index is 13.5. The second-order valence-electron chi connectivity index (χ2n) is 3.20. The second-order valence-corrected chi connectivity index (χ2v) is 3.20. The SMILES string of the molecule is O=CCC#Cc1cc2cccnc2cc1F. The van der Waals surface area contributed by atoms with Crippen molar-refractivity contribution < 1.29 is 9.18 Å². The minimum Gasteiger partial charge on any atom is -0.302 e. The summed E-state index contributed by atoms with van der Waals surface area (Å²) in [6.45, 7) is 0. The summed E-state index contributed by atoms with van der Waals surface area (Å²) < 4.78 is 13.5. The highest BCUT2D eigenvalue weighted by molar-refractivity contribution is 5.80. The zero-order chi connectivity index (χ0) is 11.4. The summed E-state index contributed by atoms with van der Waals surface area (Å²) in [6.07, 6.45) is 2.41. The van der Waals surface area contributed by atoms with Gasteiger partial charge in [0.2, 0.25) is 0 Å². The van der Waals surface area contributed by atoms with Gasteiger partial charge in [-0.1, -0.05) is 17.9 Å². The fourth-order valence-electron chi connectivity index (χ4n) is 1.38. The van der Waals surface area contributed by atoms with Crippen LogP contribution < -0.4 is 0 Å². The van der Waals surface area contributed by atoms with E-state index >= 15 is 0 Å². The first-order valence-electron chi connectivity index (χ1n) is 4.78. The smallest absolute Gasteiger partial charge is 0.141 e. The van der Waals surface area contributed by atoms with Crippen LogP contribution in [0.15, 0.2) is 30.5 Å². The van der Waals surface area contributed by atoms with E-state index in [0.717, 1.165) is 5.39 Å². The van der Waals surface area contributed by atoms with Gasteiger partial charge < -0.3 is 4.79 Å². The van der Waals surface area contributed by atoms with Crippen LogP contribution in [-0.2, 0) is 4.79 Å². The molecule has 1 aromatic carbocycles. The molecule has 2 aromatic rings. The van der Waals surface area contributed by atoms with E-state index in [4.69, 9.17) is 0 Å². The minimum absolute atomic E-state index is 0.116. The molecule has 0 fully saturated rings. The largest absolute Gasteiger partial charge is 0.302 e. The molecule has 78 valence electrons. The second kappa shape index (κ2) is 4.54. The highest BCUT2D eigenvalue weighted by Gasteiger charge is 2.02. The zero-order valence-electron chi connectivity index (χ0n) is 8.40. The Kier molecular flexibility index (Phi) is 2.93. The number of carbonyl (C=O) groups excluding carboxylic acids is 1. The number of hydrogen-bond donors (Lipinski definition) is 0. The molecule has 0 aliphatic rings. The highest BCUT2D eigenvalue weighted by atomic mass is 19.1. The highest BCUT2D eigenvalue weighted by Crippen LogP contribution is 2.16. The van der Waals surface area contributed by atoms with E-state index in [2.05, 4.69) is 16.8 Å². The van der Waals surface area contributed by atoms with Crippen LogP contribution in [0.5, 0.6) is 0 Å². The van der Waals surface area contributed by atoms with Crippen molar-refractivity contribution >= 4 is 17.2 Å². The van der Waals surface area contributed by atoms with Crippen molar-refractivity contribution in [3.63, 3.8) is 0 Å². The van der Waals surface area contributed by atoms with Gasteiger partial charge in [0.25, 0.3) is 0 Å². The summed E-state index contributed by atoms with van der Waals surface area (Å²) >= 11 is 0. The first kappa shape index (κ1) is 10.3. The van der Waals surface area contributed by atoms with E-state index in [0.29, 0.717) is 17.4 Å². The van der Waals surface area contributed by atoms with Gasteiger partial charge in [-0.2, -0.15) is 0 Å². The predicted molar refractivity (Wildman–Crippen MR) is 59.3 cm³/mol. The number of aromatic nitrogens is 1. The maximum atomic E-state index is 13.5. The van der Waals surface area contributed by atoms with Crippen LogP contribution in [0.4, 0.5) is 4.39 Å². The average molecular weight is 213 g/mol. The van der Waals surface area contributed by atoms with E-state index in [-0.39, 0.29) is 6.42 Å². The Labute approximate surface area is 92.1 Å². The van der Waals surface area contributed by atoms with Gasteiger partial charge >= 0.3 is 0 Å². The molecule has 0 spiro atoms. The van der Waals surface area contributed by atoms with Gasteiger partial charge in [0, 0.05) is 17.6 Å². The van der Waals surface area contributed by atoms with Crippen molar-refractivity contribution in [3.05, 3.63) is 41.8 Å². The summed E-state index contributed by atoms with van der Waals surface area (Å²) in [5.41, 5.74) is 0.892. The molecule has 0 N–H and O–H groups in total. The molecule has 0 aliphatic heterocycles. The first-order valence-corrected chi connectivity index (χ1v) is 4.78. The molecule has 0 amide bonds. The predicted octanol–water partition coefficient (Wildman–Crippen LogP) is 2.31. The monoisotopic (exact) mass is 213 g/mol. The zero-order valence-corrected chi connectivity index (χ0v) is 8.40. The summed E-state index contributed by atoms with van der Waals surface area (Å²) in [5.74, 6) is 4.79. The van der Waals surface area contributed by atoms with Gasteiger partial charge in [-0.15, -0.1) is 0 Å². The fourth-order valence-corrected chi connectivity index (χ4v) is 1.38. The van der Waals surface area contributed by atoms with Gasteiger partial charge in [-0.3, -0.25) is 4.98 Å². The molecular formula is C13H8FNO. The quantitative estimate of drug-likeness (QED) is 0.537. The molecule has 3 heteroatoms. The Hall–Kier alpha value is -2.21. The Bertz CT molecular complexity index is 596. The van der Waals surface area contributed by atoms with Gasteiger partial charge in [-0.05, 0) is 12.1 Å². The fraction of sp³-hybridized carbons (Fsp3) is 0.0769. The van der Waals surface area contributed by atoms with Crippen LogP contribution in [0.25, 0.3) is 10.9 Å². The van der Waals surface area contributed by atoms with Crippen molar-refractivity contribution in [2.24, 2.45) is 0 Å². The third-order valence-electron chi connectivity index (χ3n) is 2.10. The minimum atomic E-state index is -0.412. The van der Waals surface area contributed by atoms with E-state index in [1.54, 1.807) is 18.3 Å². The first-order chi connectivity index (χ1) is 7.81. The van der Waals surface area contributed by atoms with Crippen molar-refractivity contribution in [2.45, 2.75) is 6.42 Å². The third-order valence-corrected chi connectivity index (χ3v) is 2.10. The summed E-state index contributed by atoms with van der Waals surface area (Å²) in [6, 6.07) is 6.60. The van der Waals surface area contributed by atoms with Crippen LogP contribution in [0, 0.1) is 17.7 Å². The maximum Gasteiger partial charge on any atom is 0.141 e. The molecule has 0 radical (unpaired) electrons. The van der Waals surface area contributed by atoms with E-state index < -0.39 is 5.82 Å². The van der Waals surface area contributed by atoms with Crippen LogP contribution in [0.1, 0.15) is 12.0 Å². The molecule has 1 aromatic heterocycles. The Morgan fingerprint density at radius 3 is 3.12 bits per heavy atom. The molecular weight excluding hydrogens is 205 g/mol. The van der Waals surface area contributed by atoms with E-state index in [1.807, 2.05) is 6.07 Å². The molecule has 0 bridgehead atoms. The van der Waals surface area contributed by atoms with Gasteiger partial charge in [0.15, 0.2) is 0 Å². The van der Waals surface area contributed by atoms with Gasteiger partial charge in [-0.25, -0.2) is 4.39 Å². The van der Waals surface area contributed by atoms with Crippen LogP contribution in [0.2, 0.25) is 0 Å². The lowest BCUT2D eigenvalue weighted by molar-refractivity contribution is -0.107. The molecule has 0 unspecified atom stereocenters.